The van der Waals surface area contributed by atoms with E-state index in [-0.39, 0.29) is 0 Å². The topological polar surface area (TPSA) is 72.8 Å². The van der Waals surface area contributed by atoms with Gasteiger partial charge in [-0.2, -0.15) is 10.2 Å². The first-order valence-electron chi connectivity index (χ1n) is 8.43. The summed E-state index contributed by atoms with van der Waals surface area (Å²) < 4.78 is 0. The molecule has 0 saturated heterocycles. The fourth-order valence-corrected chi connectivity index (χ4v) is 2.42. The minimum atomic E-state index is 0.408. The smallest absolute Gasteiger partial charge is 0.191 e. The number of benzene rings is 2. The van der Waals surface area contributed by atoms with Gasteiger partial charge in [0.05, 0.1) is 11.4 Å². The Morgan fingerprint density at radius 3 is 1.67 bits per heavy atom. The zero-order valence-electron chi connectivity index (χ0n) is 15.2. The predicted molar refractivity (Wildman–Crippen MR) is 122 cm³/mol. The van der Waals surface area contributed by atoms with Crippen molar-refractivity contribution in [3.8, 4) is 0 Å². The molecule has 6 nitrogen and oxygen atoms in total. The van der Waals surface area contributed by atoms with Crippen LogP contribution in [0.15, 0.2) is 70.9 Å². The van der Waals surface area contributed by atoms with Crippen LogP contribution in [0.3, 0.4) is 0 Å². The van der Waals surface area contributed by atoms with E-state index in [2.05, 4.69) is 31.7 Å². The van der Waals surface area contributed by atoms with Gasteiger partial charge in [-0.15, -0.1) is 0 Å². The van der Waals surface area contributed by atoms with Crippen molar-refractivity contribution < 1.29 is 0 Å². The van der Waals surface area contributed by atoms with Gasteiger partial charge in [-0.1, -0.05) is 43.3 Å². The summed E-state index contributed by atoms with van der Waals surface area (Å²) in [6.45, 7) is 3.85. The lowest BCUT2D eigenvalue weighted by atomic mass is 10.2. The zero-order valence-corrected chi connectivity index (χ0v) is 16.8. The molecule has 0 heterocycles. The molecule has 4 N–H and O–H groups in total. The van der Waals surface area contributed by atoms with Crippen molar-refractivity contribution in [2.75, 3.05) is 10.6 Å². The summed E-state index contributed by atoms with van der Waals surface area (Å²) in [5.41, 5.74) is 8.94. The summed E-state index contributed by atoms with van der Waals surface area (Å²) in [7, 11) is 0. The Morgan fingerprint density at radius 2 is 1.22 bits per heavy atom. The quantitative estimate of drug-likeness (QED) is 0.334. The molecule has 0 aliphatic heterocycles. The van der Waals surface area contributed by atoms with E-state index < -0.39 is 0 Å². The zero-order chi connectivity index (χ0) is 19.5. The molecular weight excluding hydrogens is 376 g/mol. The van der Waals surface area contributed by atoms with Gasteiger partial charge in [0.2, 0.25) is 0 Å². The van der Waals surface area contributed by atoms with Crippen molar-refractivity contribution in [2.45, 2.75) is 20.3 Å². The number of hydrogen-bond donors (Lipinski definition) is 4. The van der Waals surface area contributed by atoms with Crippen molar-refractivity contribution in [3.63, 3.8) is 0 Å². The fourth-order valence-electron chi connectivity index (χ4n) is 2.09. The van der Waals surface area contributed by atoms with Crippen LogP contribution < -0.4 is 21.5 Å². The number of hydrazone groups is 2. The van der Waals surface area contributed by atoms with E-state index in [0.717, 1.165) is 17.1 Å². The molecule has 0 aliphatic rings. The third-order valence-corrected chi connectivity index (χ3v) is 3.82. The van der Waals surface area contributed by atoms with Gasteiger partial charge in [-0.05, 0) is 62.0 Å². The van der Waals surface area contributed by atoms with E-state index in [1.165, 1.54) is 0 Å². The summed E-state index contributed by atoms with van der Waals surface area (Å²) >= 11 is 10.5. The lowest BCUT2D eigenvalue weighted by Crippen LogP contribution is -2.29. The van der Waals surface area contributed by atoms with Gasteiger partial charge in [-0.3, -0.25) is 10.9 Å². The molecule has 140 valence electrons. The first-order chi connectivity index (χ1) is 13.1. The average Bonchev–Trinajstić information content (AvgIpc) is 2.68. The Morgan fingerprint density at radius 1 is 0.778 bits per heavy atom. The van der Waals surface area contributed by atoms with Crippen molar-refractivity contribution in [1.82, 2.24) is 10.9 Å². The summed E-state index contributed by atoms with van der Waals surface area (Å²) in [6, 6.07) is 19.3. The number of nitrogens with one attached hydrogen (secondary N) is 4. The third-order valence-electron chi connectivity index (χ3n) is 3.43. The molecule has 0 fully saturated rings. The molecule has 0 atom stereocenters. The summed E-state index contributed by atoms with van der Waals surface area (Å²) in [5.74, 6) is 0. The molecule has 0 spiro atoms. The molecule has 8 heteroatoms. The number of rotatable bonds is 6. The van der Waals surface area contributed by atoms with Crippen LogP contribution in [0, 0.1) is 0 Å². The fraction of sp³-hybridized carbons (Fsp3) is 0.158. The second kappa shape index (κ2) is 11.0. The van der Waals surface area contributed by atoms with Crippen LogP contribution in [0.1, 0.15) is 20.3 Å². The van der Waals surface area contributed by atoms with Gasteiger partial charge < -0.3 is 10.6 Å². The minimum absolute atomic E-state index is 0.408. The van der Waals surface area contributed by atoms with E-state index in [4.69, 9.17) is 24.4 Å². The van der Waals surface area contributed by atoms with Crippen LogP contribution in [0.5, 0.6) is 0 Å². The molecule has 0 aromatic heterocycles. The second-order valence-corrected chi connectivity index (χ2v) is 6.29. The van der Waals surface area contributed by atoms with Crippen molar-refractivity contribution in [2.24, 2.45) is 10.2 Å². The van der Waals surface area contributed by atoms with Gasteiger partial charge in [0.1, 0.15) is 0 Å². The maximum atomic E-state index is 5.25. The number of anilines is 2. The Kier molecular flexibility index (Phi) is 8.34. The molecule has 0 unspecified atom stereocenters. The Balaban J connectivity index is 1.88. The number of nitrogens with zero attached hydrogens (tertiary/aromatic N) is 2. The predicted octanol–water partition coefficient (Wildman–Crippen LogP) is 4.10. The summed E-state index contributed by atoms with van der Waals surface area (Å²) in [6.07, 6.45) is 0.691. The Labute approximate surface area is 170 Å². The van der Waals surface area contributed by atoms with E-state index >= 15 is 0 Å². The summed E-state index contributed by atoms with van der Waals surface area (Å²) in [4.78, 5) is 0. The molecular formula is C19H22N6S2. The summed E-state index contributed by atoms with van der Waals surface area (Å²) in [5, 5.41) is 15.6. The van der Waals surface area contributed by atoms with E-state index in [0.29, 0.717) is 22.4 Å². The highest BCUT2D eigenvalue weighted by Gasteiger charge is 2.04. The molecule has 2 aromatic carbocycles. The maximum absolute atomic E-state index is 5.25. The van der Waals surface area contributed by atoms with Crippen LogP contribution in [0.4, 0.5) is 11.4 Å². The highest BCUT2D eigenvalue weighted by Crippen LogP contribution is 2.05. The van der Waals surface area contributed by atoms with E-state index in [1.54, 1.807) is 0 Å². The monoisotopic (exact) mass is 398 g/mol. The number of para-hydroxylation sites is 2. The molecule has 27 heavy (non-hydrogen) atoms. The highest BCUT2D eigenvalue weighted by atomic mass is 32.1. The van der Waals surface area contributed by atoms with Gasteiger partial charge in [0.25, 0.3) is 0 Å². The normalized spacial score (nSPS) is 11.5. The Hall–Kier alpha value is -2.84. The minimum Gasteiger partial charge on any atom is -0.331 e. The van der Waals surface area contributed by atoms with Gasteiger partial charge in [0, 0.05) is 11.4 Å². The van der Waals surface area contributed by atoms with E-state index in [9.17, 15) is 0 Å². The number of hydrogen-bond acceptors (Lipinski definition) is 4. The van der Waals surface area contributed by atoms with Crippen molar-refractivity contribution >= 4 is 57.5 Å². The van der Waals surface area contributed by atoms with Gasteiger partial charge in [0.15, 0.2) is 10.2 Å². The molecule has 2 rings (SSSR count). The first kappa shape index (κ1) is 20.5. The maximum Gasteiger partial charge on any atom is 0.191 e. The SMILES string of the molecule is CCC(=N\NC(=S)Nc1ccccc1)/C(C)=N/NC(=S)Nc1ccccc1. The van der Waals surface area contributed by atoms with Crippen molar-refractivity contribution in [1.29, 1.82) is 0 Å². The van der Waals surface area contributed by atoms with Crippen LogP contribution in [-0.2, 0) is 0 Å². The standard InChI is InChI=1S/C19H22N6S2/c1-3-17(23-25-19(27)21-16-12-8-5-9-13-16)14(2)22-24-18(26)20-15-10-6-4-7-11-15/h4-13H,3H2,1-2H3,(H2,20,24,26)(H2,21,25,27)/b22-14+,23-17+. The molecule has 0 radical (unpaired) electrons. The third kappa shape index (κ3) is 7.51. The second-order valence-electron chi connectivity index (χ2n) is 5.47. The van der Waals surface area contributed by atoms with Crippen LogP contribution in [-0.4, -0.2) is 21.6 Å². The van der Waals surface area contributed by atoms with Gasteiger partial charge in [-0.25, -0.2) is 0 Å². The highest BCUT2D eigenvalue weighted by molar-refractivity contribution is 7.80. The van der Waals surface area contributed by atoms with Crippen LogP contribution in [0.25, 0.3) is 0 Å². The van der Waals surface area contributed by atoms with Gasteiger partial charge >= 0.3 is 0 Å². The van der Waals surface area contributed by atoms with Crippen molar-refractivity contribution in [3.05, 3.63) is 60.7 Å². The number of thiocarbonyl (C=S) groups is 2. The molecule has 2 aromatic rings. The molecule has 0 saturated carbocycles. The lowest BCUT2D eigenvalue weighted by molar-refractivity contribution is 1.01. The molecule has 0 amide bonds. The Bertz CT molecular complexity index is 819. The molecule has 0 aliphatic carbocycles. The first-order valence-corrected chi connectivity index (χ1v) is 9.25. The van der Waals surface area contributed by atoms with Crippen LogP contribution in [0.2, 0.25) is 0 Å². The average molecular weight is 399 g/mol. The molecule has 0 bridgehead atoms. The van der Waals surface area contributed by atoms with E-state index in [1.807, 2.05) is 74.5 Å². The van der Waals surface area contributed by atoms with Crippen LogP contribution >= 0.6 is 24.4 Å². The lowest BCUT2D eigenvalue weighted by Gasteiger charge is -2.10. The largest absolute Gasteiger partial charge is 0.331 e.